The monoisotopic (exact) mass is 392 g/mol. The van der Waals surface area contributed by atoms with E-state index in [1.54, 1.807) is 0 Å². The Bertz CT molecular complexity index is 573. The predicted molar refractivity (Wildman–Crippen MR) is 106 cm³/mol. The Morgan fingerprint density at radius 2 is 1.71 bits per heavy atom. The van der Waals surface area contributed by atoms with Crippen LogP contribution in [0.4, 0.5) is 0 Å². The number of aliphatic hydroxyl groups is 1. The molecule has 158 valence electrons. The van der Waals surface area contributed by atoms with Gasteiger partial charge in [-0.1, -0.05) is 19.3 Å². The molecule has 0 bridgehead atoms. The number of piperidine rings is 2. The molecule has 6 nitrogen and oxygen atoms in total. The molecule has 0 aromatic carbocycles. The average Bonchev–Trinajstić information content (AvgIpc) is 2.69. The molecule has 0 unspecified atom stereocenters. The first-order chi connectivity index (χ1) is 13.6. The van der Waals surface area contributed by atoms with Crippen molar-refractivity contribution in [3.8, 4) is 0 Å². The lowest BCUT2D eigenvalue weighted by molar-refractivity contribution is -0.152. The second-order valence-electron chi connectivity index (χ2n) is 9.57. The van der Waals surface area contributed by atoms with Crippen LogP contribution < -0.4 is 0 Å². The molecule has 3 saturated heterocycles. The first-order valence-corrected chi connectivity index (χ1v) is 11.4. The lowest BCUT2D eigenvalue weighted by atomic mass is 9.71. The second kappa shape index (κ2) is 8.70. The van der Waals surface area contributed by atoms with Gasteiger partial charge in [-0.15, -0.1) is 0 Å². The van der Waals surface area contributed by atoms with E-state index >= 15 is 0 Å². The van der Waals surface area contributed by atoms with E-state index in [0.29, 0.717) is 45.7 Å². The molecule has 3 heterocycles. The quantitative estimate of drug-likeness (QED) is 0.796. The van der Waals surface area contributed by atoms with E-state index in [-0.39, 0.29) is 23.1 Å². The Morgan fingerprint density at radius 1 is 0.964 bits per heavy atom. The number of rotatable bonds is 4. The van der Waals surface area contributed by atoms with Gasteiger partial charge in [-0.2, -0.15) is 0 Å². The highest BCUT2D eigenvalue weighted by atomic mass is 16.5. The fourth-order valence-corrected chi connectivity index (χ4v) is 5.58. The van der Waals surface area contributed by atoms with Gasteiger partial charge in [0.25, 0.3) is 0 Å². The fraction of sp³-hybridized carbons (Fsp3) is 0.909. The number of amides is 2. The topological polar surface area (TPSA) is 70.1 Å². The lowest BCUT2D eigenvalue weighted by Gasteiger charge is -2.51. The Kier molecular flexibility index (Phi) is 6.26. The standard InChI is InChI=1S/C22H36N2O4/c25-19-7-12-23(20(26)6-5-17-3-1-4-17)15-22(19)10-2-11-24(16-22)21(27)18-8-13-28-14-9-18/h17-19,25H,1-16H2/t19-,22-/m1/s1. The van der Waals surface area contributed by atoms with Crippen LogP contribution in [-0.4, -0.2) is 72.2 Å². The van der Waals surface area contributed by atoms with Gasteiger partial charge in [0.1, 0.15) is 0 Å². The van der Waals surface area contributed by atoms with Gasteiger partial charge in [-0.05, 0) is 44.4 Å². The van der Waals surface area contributed by atoms with Gasteiger partial charge >= 0.3 is 0 Å². The van der Waals surface area contributed by atoms with Gasteiger partial charge in [0.05, 0.1) is 6.10 Å². The predicted octanol–water partition coefficient (Wildman–Crippen LogP) is 2.20. The average molecular weight is 393 g/mol. The zero-order valence-electron chi connectivity index (χ0n) is 17.1. The maximum absolute atomic E-state index is 13.0. The van der Waals surface area contributed by atoms with Gasteiger partial charge in [-0.25, -0.2) is 0 Å². The third kappa shape index (κ3) is 4.23. The molecule has 3 aliphatic heterocycles. The second-order valence-corrected chi connectivity index (χ2v) is 9.57. The van der Waals surface area contributed by atoms with E-state index in [2.05, 4.69) is 0 Å². The van der Waals surface area contributed by atoms with Crippen LogP contribution in [0.25, 0.3) is 0 Å². The van der Waals surface area contributed by atoms with Crippen LogP contribution in [0.15, 0.2) is 0 Å². The highest BCUT2D eigenvalue weighted by Gasteiger charge is 2.47. The van der Waals surface area contributed by atoms with E-state index in [0.717, 1.165) is 44.6 Å². The summed E-state index contributed by atoms with van der Waals surface area (Å²) in [5.74, 6) is 1.27. The van der Waals surface area contributed by atoms with Crippen molar-refractivity contribution >= 4 is 11.8 Å². The molecule has 2 atom stereocenters. The van der Waals surface area contributed by atoms with Crippen molar-refractivity contribution in [1.82, 2.24) is 9.80 Å². The van der Waals surface area contributed by atoms with E-state index in [9.17, 15) is 14.7 Å². The van der Waals surface area contributed by atoms with Gasteiger partial charge in [-0.3, -0.25) is 9.59 Å². The summed E-state index contributed by atoms with van der Waals surface area (Å²) in [4.78, 5) is 29.8. The molecule has 6 heteroatoms. The van der Waals surface area contributed by atoms with Crippen molar-refractivity contribution in [1.29, 1.82) is 0 Å². The molecule has 4 aliphatic rings. The molecule has 28 heavy (non-hydrogen) atoms. The number of aliphatic hydroxyl groups excluding tert-OH is 1. The van der Waals surface area contributed by atoms with Crippen LogP contribution in [0.1, 0.15) is 64.2 Å². The summed E-state index contributed by atoms with van der Waals surface area (Å²) in [5.41, 5.74) is -0.344. The highest BCUT2D eigenvalue weighted by Crippen LogP contribution is 2.40. The minimum atomic E-state index is -0.423. The van der Waals surface area contributed by atoms with Crippen molar-refractivity contribution in [3.05, 3.63) is 0 Å². The smallest absolute Gasteiger partial charge is 0.225 e. The summed E-state index contributed by atoms with van der Waals surface area (Å²) in [6.45, 7) is 3.97. The summed E-state index contributed by atoms with van der Waals surface area (Å²) in [5, 5.41) is 10.9. The van der Waals surface area contributed by atoms with E-state index in [1.807, 2.05) is 9.80 Å². The van der Waals surface area contributed by atoms with Crippen molar-refractivity contribution in [3.63, 3.8) is 0 Å². The Labute approximate surface area is 168 Å². The summed E-state index contributed by atoms with van der Waals surface area (Å²) in [6.07, 6.45) is 9.15. The van der Waals surface area contributed by atoms with Gasteiger partial charge in [0.2, 0.25) is 11.8 Å². The normalized spacial score (nSPS) is 32.4. The SMILES string of the molecule is O=C(CCC1CCC1)N1CC[C@@H](O)[C@]2(CCCN(C(=O)C3CCOCC3)C2)C1. The van der Waals surface area contributed by atoms with Crippen LogP contribution in [0.3, 0.4) is 0 Å². The zero-order valence-corrected chi connectivity index (χ0v) is 17.1. The summed E-state index contributed by atoms with van der Waals surface area (Å²) in [7, 11) is 0. The van der Waals surface area contributed by atoms with Crippen molar-refractivity contribution in [2.24, 2.45) is 17.3 Å². The molecule has 4 rings (SSSR count). The van der Waals surface area contributed by atoms with E-state index in [1.165, 1.54) is 19.3 Å². The molecule has 1 saturated carbocycles. The molecule has 1 aliphatic carbocycles. The largest absolute Gasteiger partial charge is 0.392 e. The highest BCUT2D eigenvalue weighted by molar-refractivity contribution is 5.79. The molecule has 1 N–H and O–H groups in total. The fourth-order valence-electron chi connectivity index (χ4n) is 5.58. The first kappa shape index (κ1) is 20.1. The number of ether oxygens (including phenoxy) is 1. The number of hydrogen-bond donors (Lipinski definition) is 1. The van der Waals surface area contributed by atoms with Crippen LogP contribution in [0.5, 0.6) is 0 Å². The Hall–Kier alpha value is -1.14. The van der Waals surface area contributed by atoms with Crippen molar-refractivity contribution in [2.45, 2.75) is 70.3 Å². The molecule has 0 aromatic rings. The molecule has 4 fully saturated rings. The minimum absolute atomic E-state index is 0.0600. The molecule has 0 radical (unpaired) electrons. The first-order valence-electron chi connectivity index (χ1n) is 11.4. The number of likely N-dealkylation sites (tertiary alicyclic amines) is 2. The molecular weight excluding hydrogens is 356 g/mol. The molecule has 1 spiro atoms. The van der Waals surface area contributed by atoms with Gasteiger partial charge in [0, 0.05) is 57.1 Å². The molecule has 0 aromatic heterocycles. The molecular formula is C22H36N2O4. The summed E-state index contributed by atoms with van der Waals surface area (Å²) in [6, 6.07) is 0. The third-order valence-corrected chi connectivity index (χ3v) is 7.72. The third-order valence-electron chi connectivity index (χ3n) is 7.72. The van der Waals surface area contributed by atoms with Gasteiger partial charge in [0.15, 0.2) is 0 Å². The van der Waals surface area contributed by atoms with Gasteiger partial charge < -0.3 is 19.6 Å². The van der Waals surface area contributed by atoms with Crippen LogP contribution in [0.2, 0.25) is 0 Å². The maximum Gasteiger partial charge on any atom is 0.225 e. The minimum Gasteiger partial charge on any atom is -0.392 e. The molecule has 2 amide bonds. The van der Waals surface area contributed by atoms with Crippen LogP contribution in [-0.2, 0) is 14.3 Å². The number of carbonyl (C=O) groups is 2. The number of nitrogens with zero attached hydrogens (tertiary/aromatic N) is 2. The van der Waals surface area contributed by atoms with E-state index < -0.39 is 6.10 Å². The van der Waals surface area contributed by atoms with Crippen LogP contribution in [0, 0.1) is 17.3 Å². The van der Waals surface area contributed by atoms with Crippen LogP contribution >= 0.6 is 0 Å². The lowest BCUT2D eigenvalue weighted by Crippen LogP contribution is -2.61. The van der Waals surface area contributed by atoms with Crippen molar-refractivity contribution in [2.75, 3.05) is 39.4 Å². The van der Waals surface area contributed by atoms with E-state index in [4.69, 9.17) is 4.74 Å². The zero-order chi connectivity index (χ0) is 19.6. The Balaban J connectivity index is 1.37. The maximum atomic E-state index is 13.0. The summed E-state index contributed by atoms with van der Waals surface area (Å²) >= 11 is 0. The number of hydrogen-bond acceptors (Lipinski definition) is 4. The van der Waals surface area contributed by atoms with Crippen molar-refractivity contribution < 1.29 is 19.4 Å². The summed E-state index contributed by atoms with van der Waals surface area (Å²) < 4.78 is 5.40. The Morgan fingerprint density at radius 3 is 2.43 bits per heavy atom. The number of carbonyl (C=O) groups excluding carboxylic acids is 2.